The van der Waals surface area contributed by atoms with Crippen molar-refractivity contribution in [1.82, 2.24) is 14.7 Å². The predicted octanol–water partition coefficient (Wildman–Crippen LogP) is -0.698. The van der Waals surface area contributed by atoms with Crippen molar-refractivity contribution in [3.8, 4) is 5.75 Å². The number of hydrogen-bond donors (Lipinski definition) is 1. The van der Waals surface area contributed by atoms with Crippen molar-refractivity contribution >= 4 is 0 Å². The zero-order valence-corrected chi connectivity index (χ0v) is 11.8. The fraction of sp³-hybridized carbons (Fsp3) is 0.692. The molecule has 2 heterocycles. The Labute approximate surface area is 118 Å². The molecule has 20 heavy (non-hydrogen) atoms. The first-order valence-corrected chi connectivity index (χ1v) is 6.91. The van der Waals surface area contributed by atoms with Gasteiger partial charge in [0.05, 0.1) is 26.0 Å². The number of aromatic nitrogens is 2. The molecule has 0 radical (unpaired) electrons. The van der Waals surface area contributed by atoms with Crippen LogP contribution >= 0.6 is 0 Å². The molecule has 0 amide bonds. The molecule has 1 unspecified atom stereocenters. The first kappa shape index (κ1) is 15.0. The van der Waals surface area contributed by atoms with Crippen LogP contribution in [0.2, 0.25) is 0 Å². The van der Waals surface area contributed by atoms with Crippen LogP contribution < -0.4 is 16.0 Å². The third kappa shape index (κ3) is 4.59. The Balaban J connectivity index is 1.87. The molecule has 1 atom stereocenters. The number of nitrogens with zero attached hydrogens (tertiary/aromatic N) is 3. The van der Waals surface area contributed by atoms with Crippen molar-refractivity contribution in [2.24, 2.45) is 5.73 Å². The smallest absolute Gasteiger partial charge is 0.270 e. The zero-order valence-electron chi connectivity index (χ0n) is 11.8. The van der Waals surface area contributed by atoms with Crippen molar-refractivity contribution in [3.63, 3.8) is 0 Å². The molecule has 1 fully saturated rings. The summed E-state index contributed by atoms with van der Waals surface area (Å²) >= 11 is 0. The molecule has 1 saturated heterocycles. The maximum Gasteiger partial charge on any atom is 0.270 e. The van der Waals surface area contributed by atoms with Crippen LogP contribution in [0.3, 0.4) is 0 Å². The summed E-state index contributed by atoms with van der Waals surface area (Å²) in [6, 6.07) is 1.38. The van der Waals surface area contributed by atoms with Gasteiger partial charge in [-0.3, -0.25) is 9.69 Å². The molecule has 112 valence electrons. The van der Waals surface area contributed by atoms with Gasteiger partial charge in [0.1, 0.15) is 12.4 Å². The third-order valence-corrected chi connectivity index (χ3v) is 3.09. The summed E-state index contributed by atoms with van der Waals surface area (Å²) in [4.78, 5) is 14.2. The normalized spacial score (nSPS) is 17.9. The van der Waals surface area contributed by atoms with Crippen molar-refractivity contribution in [1.29, 1.82) is 0 Å². The first-order valence-electron chi connectivity index (χ1n) is 6.91. The van der Waals surface area contributed by atoms with Crippen molar-refractivity contribution in [2.75, 3.05) is 39.5 Å². The predicted molar refractivity (Wildman–Crippen MR) is 74.9 cm³/mol. The van der Waals surface area contributed by atoms with E-state index in [1.54, 1.807) is 6.20 Å². The maximum atomic E-state index is 11.9. The lowest BCUT2D eigenvalue weighted by Gasteiger charge is -2.26. The average Bonchev–Trinajstić information content (AvgIpc) is 2.45. The molecule has 0 bridgehead atoms. The van der Waals surface area contributed by atoms with E-state index >= 15 is 0 Å². The lowest BCUT2D eigenvalue weighted by atomic mass is 10.4. The Morgan fingerprint density at radius 3 is 2.85 bits per heavy atom. The van der Waals surface area contributed by atoms with Gasteiger partial charge in [-0.2, -0.15) is 5.10 Å². The van der Waals surface area contributed by atoms with Crippen LogP contribution in [0.5, 0.6) is 5.75 Å². The Hall–Kier alpha value is -1.44. The summed E-state index contributed by atoms with van der Waals surface area (Å²) in [5, 5.41) is 4.12. The van der Waals surface area contributed by atoms with E-state index in [4.69, 9.17) is 15.2 Å². The highest BCUT2D eigenvalue weighted by atomic mass is 16.5. The van der Waals surface area contributed by atoms with Crippen molar-refractivity contribution in [3.05, 3.63) is 22.6 Å². The van der Waals surface area contributed by atoms with Gasteiger partial charge in [-0.05, 0) is 6.92 Å². The van der Waals surface area contributed by atoms with Crippen LogP contribution in [0, 0.1) is 0 Å². The molecule has 2 N–H and O–H groups in total. The van der Waals surface area contributed by atoms with E-state index in [1.165, 1.54) is 10.7 Å². The zero-order chi connectivity index (χ0) is 14.4. The highest BCUT2D eigenvalue weighted by Crippen LogP contribution is 2.04. The van der Waals surface area contributed by atoms with E-state index in [-0.39, 0.29) is 11.6 Å². The number of hydrogen-bond acceptors (Lipinski definition) is 6. The first-order chi connectivity index (χ1) is 9.65. The topological polar surface area (TPSA) is 82.6 Å². The van der Waals surface area contributed by atoms with Crippen LogP contribution in [-0.2, 0) is 11.3 Å². The minimum Gasteiger partial charge on any atom is -0.490 e. The summed E-state index contributed by atoms with van der Waals surface area (Å²) in [7, 11) is 0. The van der Waals surface area contributed by atoms with E-state index in [0.717, 1.165) is 32.8 Å². The number of ether oxygens (including phenoxy) is 2. The molecule has 0 spiro atoms. The van der Waals surface area contributed by atoms with Gasteiger partial charge in [-0.15, -0.1) is 0 Å². The van der Waals surface area contributed by atoms with Crippen LogP contribution in [0.15, 0.2) is 17.1 Å². The maximum absolute atomic E-state index is 11.9. The second-order valence-electron chi connectivity index (χ2n) is 4.99. The minimum absolute atomic E-state index is 0.0706. The molecular formula is C13H22N4O3. The molecule has 1 aromatic heterocycles. The van der Waals surface area contributed by atoms with E-state index in [0.29, 0.717) is 18.9 Å². The molecule has 2 rings (SSSR count). The fourth-order valence-electron chi connectivity index (χ4n) is 1.95. The van der Waals surface area contributed by atoms with Gasteiger partial charge in [-0.1, -0.05) is 0 Å². The van der Waals surface area contributed by atoms with Crippen molar-refractivity contribution < 1.29 is 9.47 Å². The number of rotatable bonds is 6. The van der Waals surface area contributed by atoms with Crippen LogP contribution in [-0.4, -0.2) is 60.2 Å². The van der Waals surface area contributed by atoms with Crippen LogP contribution in [0.4, 0.5) is 0 Å². The van der Waals surface area contributed by atoms with E-state index in [9.17, 15) is 4.79 Å². The molecule has 0 aromatic carbocycles. The Morgan fingerprint density at radius 1 is 1.45 bits per heavy atom. The van der Waals surface area contributed by atoms with Gasteiger partial charge in [0.25, 0.3) is 5.56 Å². The summed E-state index contributed by atoms with van der Waals surface area (Å²) in [6.45, 7) is 6.92. The largest absolute Gasteiger partial charge is 0.490 e. The summed E-state index contributed by atoms with van der Waals surface area (Å²) in [6.07, 6.45) is 1.56. The van der Waals surface area contributed by atoms with Gasteiger partial charge in [0.15, 0.2) is 0 Å². The second-order valence-corrected chi connectivity index (χ2v) is 4.99. The quantitative estimate of drug-likeness (QED) is 0.743. The second kappa shape index (κ2) is 7.37. The molecule has 1 aromatic rings. The highest BCUT2D eigenvalue weighted by molar-refractivity contribution is 5.13. The monoisotopic (exact) mass is 282 g/mol. The van der Waals surface area contributed by atoms with Gasteiger partial charge >= 0.3 is 0 Å². The SMILES string of the molecule is CC(N)COc1cnn(CCN2CCOCC2)c(=O)c1. The van der Waals surface area contributed by atoms with Gasteiger partial charge in [0.2, 0.25) is 0 Å². The highest BCUT2D eigenvalue weighted by Gasteiger charge is 2.10. The molecule has 7 heteroatoms. The van der Waals surface area contributed by atoms with E-state index < -0.39 is 0 Å². The standard InChI is InChI=1S/C13H22N4O3/c1-11(14)10-20-12-8-13(18)17(15-9-12)3-2-16-4-6-19-7-5-16/h8-9,11H,2-7,10,14H2,1H3. The Bertz CT molecular complexity index is 469. The number of morpholine rings is 1. The molecule has 0 saturated carbocycles. The van der Waals surface area contributed by atoms with Crippen LogP contribution in [0.1, 0.15) is 6.92 Å². The van der Waals surface area contributed by atoms with Gasteiger partial charge in [0, 0.05) is 31.7 Å². The molecule has 1 aliphatic rings. The minimum atomic E-state index is -0.152. The van der Waals surface area contributed by atoms with Gasteiger partial charge in [-0.25, -0.2) is 4.68 Å². The molecule has 7 nitrogen and oxygen atoms in total. The van der Waals surface area contributed by atoms with E-state index in [2.05, 4.69) is 10.00 Å². The Morgan fingerprint density at radius 2 is 2.20 bits per heavy atom. The summed E-state index contributed by atoms with van der Waals surface area (Å²) in [5.41, 5.74) is 5.44. The molecule has 0 aliphatic carbocycles. The molecule has 1 aliphatic heterocycles. The van der Waals surface area contributed by atoms with E-state index in [1.807, 2.05) is 6.92 Å². The number of nitrogens with two attached hydrogens (primary N) is 1. The fourth-order valence-corrected chi connectivity index (χ4v) is 1.95. The van der Waals surface area contributed by atoms with Gasteiger partial charge < -0.3 is 15.2 Å². The third-order valence-electron chi connectivity index (χ3n) is 3.09. The summed E-state index contributed by atoms with van der Waals surface area (Å²) < 4.78 is 12.1. The molecular weight excluding hydrogens is 260 g/mol. The Kier molecular flexibility index (Phi) is 5.51. The average molecular weight is 282 g/mol. The lowest BCUT2D eigenvalue weighted by Crippen LogP contribution is -2.39. The van der Waals surface area contributed by atoms with Crippen molar-refractivity contribution in [2.45, 2.75) is 19.5 Å². The van der Waals surface area contributed by atoms with Crippen LogP contribution in [0.25, 0.3) is 0 Å². The summed E-state index contributed by atoms with van der Waals surface area (Å²) in [5.74, 6) is 0.468. The lowest BCUT2D eigenvalue weighted by molar-refractivity contribution is 0.0358.